The van der Waals surface area contributed by atoms with Crippen molar-refractivity contribution in [2.24, 2.45) is 58.7 Å². The van der Waals surface area contributed by atoms with Gasteiger partial charge in [-0.15, -0.1) is 0 Å². The predicted octanol–water partition coefficient (Wildman–Crippen LogP) is 9.63. The summed E-state index contributed by atoms with van der Waals surface area (Å²) in [4.78, 5) is 0. The zero-order valence-corrected chi connectivity index (χ0v) is 21.8. The van der Waals surface area contributed by atoms with E-state index in [1.54, 1.807) is 0 Å². The lowest BCUT2D eigenvalue weighted by Gasteiger charge is -2.55. The van der Waals surface area contributed by atoms with Crippen LogP contribution in [0.25, 0.3) is 0 Å². The molecule has 2 rings (SSSR count). The molecule has 0 nitrogen and oxygen atoms in total. The van der Waals surface area contributed by atoms with E-state index >= 15 is 0 Å². The first-order valence-corrected chi connectivity index (χ1v) is 13.6. The minimum atomic E-state index is 0.495. The van der Waals surface area contributed by atoms with Gasteiger partial charge in [-0.05, 0) is 77.9 Å². The van der Waals surface area contributed by atoms with E-state index in [9.17, 15) is 0 Å². The Balaban J connectivity index is 2.25. The first-order valence-electron chi connectivity index (χ1n) is 13.6. The van der Waals surface area contributed by atoms with Crippen LogP contribution in [-0.2, 0) is 0 Å². The van der Waals surface area contributed by atoms with Crippen molar-refractivity contribution in [3.05, 3.63) is 0 Å². The average molecular weight is 405 g/mol. The van der Waals surface area contributed by atoms with Crippen molar-refractivity contribution in [1.29, 1.82) is 0 Å². The molecule has 29 heavy (non-hydrogen) atoms. The maximum atomic E-state index is 2.66. The Morgan fingerprint density at radius 3 is 2.17 bits per heavy atom. The molecule has 8 unspecified atom stereocenters. The minimum Gasteiger partial charge on any atom is -0.0654 e. The number of unbranched alkanes of at least 4 members (excludes halogenated alkanes) is 1. The monoisotopic (exact) mass is 404 g/mol. The van der Waals surface area contributed by atoms with Crippen LogP contribution in [0.15, 0.2) is 0 Å². The zero-order valence-electron chi connectivity index (χ0n) is 21.8. The van der Waals surface area contributed by atoms with Gasteiger partial charge < -0.3 is 0 Å². The van der Waals surface area contributed by atoms with Crippen molar-refractivity contribution in [3.63, 3.8) is 0 Å². The topological polar surface area (TPSA) is 0 Å². The van der Waals surface area contributed by atoms with Gasteiger partial charge in [-0.25, -0.2) is 0 Å². The SMILES string of the molecule is CCCCC(C)C1CC(C)C(C(C2CCCC(C)CC2)C(C)C(C)C)C(C)(C)C1. The Bertz CT molecular complexity index is 461. The summed E-state index contributed by atoms with van der Waals surface area (Å²) in [7, 11) is 0. The van der Waals surface area contributed by atoms with Gasteiger partial charge in [0.05, 0.1) is 0 Å². The third-order valence-corrected chi connectivity index (χ3v) is 9.72. The van der Waals surface area contributed by atoms with Crippen LogP contribution in [0.1, 0.15) is 127 Å². The molecule has 0 heteroatoms. The molecule has 0 bridgehead atoms. The molecule has 0 aromatic heterocycles. The fourth-order valence-corrected chi connectivity index (χ4v) is 7.78. The van der Waals surface area contributed by atoms with Crippen LogP contribution in [0.4, 0.5) is 0 Å². The van der Waals surface area contributed by atoms with E-state index in [2.05, 4.69) is 62.3 Å². The van der Waals surface area contributed by atoms with E-state index in [0.29, 0.717) is 5.41 Å². The van der Waals surface area contributed by atoms with Crippen LogP contribution in [-0.4, -0.2) is 0 Å². The van der Waals surface area contributed by atoms with Crippen molar-refractivity contribution in [2.75, 3.05) is 0 Å². The molecular weight excluding hydrogens is 348 g/mol. The van der Waals surface area contributed by atoms with Gasteiger partial charge in [0.1, 0.15) is 0 Å². The second-order valence-corrected chi connectivity index (χ2v) is 12.9. The van der Waals surface area contributed by atoms with Crippen molar-refractivity contribution in [3.8, 4) is 0 Å². The highest BCUT2D eigenvalue weighted by atomic mass is 14.5. The molecule has 0 aromatic rings. The van der Waals surface area contributed by atoms with E-state index in [1.165, 1.54) is 64.2 Å². The number of hydrogen-bond acceptors (Lipinski definition) is 0. The Morgan fingerprint density at radius 2 is 1.59 bits per heavy atom. The van der Waals surface area contributed by atoms with Gasteiger partial charge in [-0.1, -0.05) is 107 Å². The highest BCUT2D eigenvalue weighted by Crippen LogP contribution is 2.56. The number of hydrogen-bond donors (Lipinski definition) is 0. The molecule has 0 saturated heterocycles. The molecule has 0 radical (unpaired) electrons. The molecule has 0 aliphatic heterocycles. The van der Waals surface area contributed by atoms with Crippen molar-refractivity contribution in [1.82, 2.24) is 0 Å². The lowest BCUT2D eigenvalue weighted by molar-refractivity contribution is -0.0573. The second kappa shape index (κ2) is 11.0. The molecule has 0 amide bonds. The summed E-state index contributed by atoms with van der Waals surface area (Å²) in [6.45, 7) is 23.0. The molecule has 0 N–H and O–H groups in total. The first-order chi connectivity index (χ1) is 13.6. The van der Waals surface area contributed by atoms with Crippen LogP contribution in [0.5, 0.6) is 0 Å². The smallest absolute Gasteiger partial charge is 0.0303 e. The van der Waals surface area contributed by atoms with Crippen molar-refractivity contribution >= 4 is 0 Å². The van der Waals surface area contributed by atoms with Gasteiger partial charge >= 0.3 is 0 Å². The van der Waals surface area contributed by atoms with Gasteiger partial charge in [0.15, 0.2) is 0 Å². The van der Waals surface area contributed by atoms with Crippen LogP contribution in [0, 0.1) is 58.7 Å². The molecule has 8 atom stereocenters. The summed E-state index contributed by atoms with van der Waals surface area (Å²) in [5.41, 5.74) is 0.495. The zero-order chi connectivity index (χ0) is 21.8. The highest BCUT2D eigenvalue weighted by molar-refractivity contribution is 4.98. The summed E-state index contributed by atoms with van der Waals surface area (Å²) in [5, 5.41) is 0. The second-order valence-electron chi connectivity index (χ2n) is 12.9. The molecule has 0 aromatic carbocycles. The van der Waals surface area contributed by atoms with Gasteiger partial charge in [-0.3, -0.25) is 0 Å². The van der Waals surface area contributed by atoms with Crippen molar-refractivity contribution in [2.45, 2.75) is 127 Å². The Morgan fingerprint density at radius 1 is 0.897 bits per heavy atom. The third kappa shape index (κ3) is 6.49. The summed E-state index contributed by atoms with van der Waals surface area (Å²) in [6.07, 6.45) is 14.6. The highest BCUT2D eigenvalue weighted by Gasteiger charge is 2.49. The van der Waals surface area contributed by atoms with E-state index in [-0.39, 0.29) is 0 Å². The van der Waals surface area contributed by atoms with Gasteiger partial charge in [0.2, 0.25) is 0 Å². The lowest BCUT2D eigenvalue weighted by atomic mass is 9.50. The van der Waals surface area contributed by atoms with Gasteiger partial charge in [0.25, 0.3) is 0 Å². The van der Waals surface area contributed by atoms with Crippen molar-refractivity contribution < 1.29 is 0 Å². The van der Waals surface area contributed by atoms with E-state index in [1.807, 2.05) is 0 Å². The summed E-state index contributed by atoms with van der Waals surface area (Å²) in [5.74, 6) is 8.18. The van der Waals surface area contributed by atoms with Crippen LogP contribution in [0.2, 0.25) is 0 Å². The molecule has 2 aliphatic rings. The van der Waals surface area contributed by atoms with Gasteiger partial charge in [-0.2, -0.15) is 0 Å². The average Bonchev–Trinajstić information content (AvgIpc) is 2.85. The molecule has 2 fully saturated rings. The molecule has 2 aliphatic carbocycles. The standard InChI is InChI=1S/C29H56/c1-10-11-14-22(5)26-18-23(6)28(29(8,9)19-26)27(24(7)20(2)3)25-15-12-13-21(4)16-17-25/h20-28H,10-19H2,1-9H3. The summed E-state index contributed by atoms with van der Waals surface area (Å²) < 4.78 is 0. The minimum absolute atomic E-state index is 0.495. The molecule has 0 heterocycles. The normalized spacial score (nSPS) is 36.4. The van der Waals surface area contributed by atoms with E-state index < -0.39 is 0 Å². The van der Waals surface area contributed by atoms with E-state index in [4.69, 9.17) is 0 Å². The summed E-state index contributed by atoms with van der Waals surface area (Å²) >= 11 is 0. The summed E-state index contributed by atoms with van der Waals surface area (Å²) in [6, 6.07) is 0. The lowest BCUT2D eigenvalue weighted by Crippen LogP contribution is -2.47. The maximum Gasteiger partial charge on any atom is -0.0303 e. The molecule has 2 saturated carbocycles. The first kappa shape index (κ1) is 25.3. The van der Waals surface area contributed by atoms with Crippen LogP contribution >= 0.6 is 0 Å². The number of rotatable bonds is 8. The fraction of sp³-hybridized carbons (Fsp3) is 1.00. The largest absolute Gasteiger partial charge is 0.0654 e. The molecule has 172 valence electrons. The van der Waals surface area contributed by atoms with Crippen LogP contribution < -0.4 is 0 Å². The predicted molar refractivity (Wildman–Crippen MR) is 131 cm³/mol. The van der Waals surface area contributed by atoms with E-state index in [0.717, 1.165) is 53.3 Å². The Labute approximate surface area is 185 Å². The molecule has 0 spiro atoms. The maximum absolute atomic E-state index is 2.66. The third-order valence-electron chi connectivity index (χ3n) is 9.72. The Hall–Kier alpha value is 0. The van der Waals surface area contributed by atoms with Crippen LogP contribution in [0.3, 0.4) is 0 Å². The fourth-order valence-electron chi connectivity index (χ4n) is 7.78. The molecular formula is C29H56. The van der Waals surface area contributed by atoms with Gasteiger partial charge in [0, 0.05) is 0 Å². The Kier molecular flexibility index (Phi) is 9.62. The quantitative estimate of drug-likeness (QED) is 0.353.